The van der Waals surface area contributed by atoms with E-state index in [0.29, 0.717) is 5.92 Å². The van der Waals surface area contributed by atoms with Gasteiger partial charge in [-0.3, -0.25) is 0 Å². The molecule has 0 unspecified atom stereocenters. The average molecular weight is 124 g/mol. The van der Waals surface area contributed by atoms with Crippen LogP contribution in [0.2, 0.25) is 0 Å². The highest BCUT2D eigenvalue weighted by Crippen LogP contribution is 2.36. The van der Waals surface area contributed by atoms with Crippen molar-refractivity contribution in [3.05, 3.63) is 12.2 Å². The van der Waals surface area contributed by atoms with Crippen LogP contribution in [-0.2, 0) is 0 Å². The van der Waals surface area contributed by atoms with Crippen LogP contribution in [0.4, 0.5) is 0 Å². The minimum absolute atomic E-state index is 0.700. The van der Waals surface area contributed by atoms with Crippen LogP contribution in [0.3, 0.4) is 0 Å². The van der Waals surface area contributed by atoms with Gasteiger partial charge >= 0.3 is 0 Å². The molecule has 1 aliphatic rings. The van der Waals surface area contributed by atoms with E-state index in [9.17, 15) is 0 Å². The summed E-state index contributed by atoms with van der Waals surface area (Å²) in [6.45, 7) is 8.49. The molecule has 9 heavy (non-hydrogen) atoms. The molecule has 0 nitrogen and oxygen atoms in total. The smallest absolute Gasteiger partial charge is 0.0263 e. The van der Waals surface area contributed by atoms with Gasteiger partial charge in [-0.05, 0) is 31.1 Å². The van der Waals surface area contributed by atoms with Crippen LogP contribution in [0, 0.1) is 11.8 Å². The zero-order chi connectivity index (χ0) is 6.85. The molecule has 1 fully saturated rings. The summed E-state index contributed by atoms with van der Waals surface area (Å²) in [6, 6.07) is 0. The Morgan fingerprint density at radius 2 is 2.11 bits per heavy atom. The molecule has 0 radical (unpaired) electrons. The van der Waals surface area contributed by atoms with Crippen LogP contribution in [0.1, 0.15) is 33.1 Å². The van der Waals surface area contributed by atoms with Crippen LogP contribution in [0.5, 0.6) is 0 Å². The fourth-order valence-electron chi connectivity index (χ4n) is 0.928. The first-order chi connectivity index (χ1) is 4.20. The Balaban J connectivity index is 2.17. The summed E-state index contributed by atoms with van der Waals surface area (Å²) in [4.78, 5) is 0. The predicted octanol–water partition coefficient (Wildman–Crippen LogP) is 3.00. The molecule has 1 rings (SSSR count). The highest BCUT2D eigenvalue weighted by molar-refractivity contribution is 5.01. The van der Waals surface area contributed by atoms with Crippen molar-refractivity contribution in [1.29, 1.82) is 0 Å². The van der Waals surface area contributed by atoms with Crippen molar-refractivity contribution >= 4 is 0 Å². The molecule has 0 atom stereocenters. The number of hydrogen-bond donors (Lipinski definition) is 0. The molecule has 1 saturated carbocycles. The van der Waals surface area contributed by atoms with Crippen molar-refractivity contribution in [2.24, 2.45) is 11.8 Å². The largest absolute Gasteiger partial charge is 0.0996 e. The van der Waals surface area contributed by atoms with Crippen LogP contribution in [0.25, 0.3) is 0 Å². The van der Waals surface area contributed by atoms with Crippen LogP contribution < -0.4 is 0 Å². The van der Waals surface area contributed by atoms with E-state index in [1.807, 2.05) is 0 Å². The maximum Gasteiger partial charge on any atom is -0.0263 e. The summed E-state index contributed by atoms with van der Waals surface area (Å²) in [5, 5.41) is 0. The zero-order valence-electron chi connectivity index (χ0n) is 6.48. The predicted molar refractivity (Wildman–Crippen MR) is 41.3 cm³/mol. The fourth-order valence-corrected chi connectivity index (χ4v) is 0.928. The van der Waals surface area contributed by atoms with Gasteiger partial charge in [0, 0.05) is 0 Å². The first kappa shape index (κ1) is 6.85. The fraction of sp³-hybridized carbons (Fsp3) is 0.778. The molecule has 0 aromatic rings. The molecule has 0 N–H and O–H groups in total. The topological polar surface area (TPSA) is 0 Å². The normalized spacial score (nSPS) is 18.6. The Bertz CT molecular complexity index is 107. The van der Waals surface area contributed by atoms with E-state index in [4.69, 9.17) is 0 Å². The molecule has 52 valence electrons. The van der Waals surface area contributed by atoms with E-state index < -0.39 is 0 Å². The van der Waals surface area contributed by atoms with Gasteiger partial charge in [-0.25, -0.2) is 0 Å². The van der Waals surface area contributed by atoms with Crippen molar-refractivity contribution in [2.75, 3.05) is 0 Å². The molecular weight excluding hydrogens is 108 g/mol. The molecule has 0 heteroatoms. The molecule has 0 spiro atoms. The molecule has 0 aromatic heterocycles. The Morgan fingerprint density at radius 3 is 2.44 bits per heavy atom. The lowest BCUT2D eigenvalue weighted by atomic mass is 10.00. The van der Waals surface area contributed by atoms with Gasteiger partial charge in [-0.1, -0.05) is 26.0 Å². The second-order valence-corrected chi connectivity index (χ2v) is 3.46. The lowest BCUT2D eigenvalue weighted by Gasteiger charge is -2.06. The van der Waals surface area contributed by atoms with E-state index in [-0.39, 0.29) is 0 Å². The first-order valence-corrected chi connectivity index (χ1v) is 3.88. The van der Waals surface area contributed by atoms with Gasteiger partial charge in [-0.15, -0.1) is 0 Å². The van der Waals surface area contributed by atoms with E-state index >= 15 is 0 Å². The van der Waals surface area contributed by atoms with Gasteiger partial charge in [0.2, 0.25) is 0 Å². The van der Waals surface area contributed by atoms with E-state index in [2.05, 4.69) is 20.4 Å². The van der Waals surface area contributed by atoms with E-state index in [0.717, 1.165) is 5.92 Å². The second-order valence-electron chi connectivity index (χ2n) is 3.46. The zero-order valence-corrected chi connectivity index (χ0v) is 6.48. The molecule has 1 aliphatic carbocycles. The number of rotatable bonds is 3. The Hall–Kier alpha value is -0.260. The Labute approximate surface area is 58.0 Å². The summed E-state index contributed by atoms with van der Waals surface area (Å²) >= 11 is 0. The summed E-state index contributed by atoms with van der Waals surface area (Å²) in [6.07, 6.45) is 4.19. The molecule has 0 aromatic carbocycles. The van der Waals surface area contributed by atoms with Crippen molar-refractivity contribution in [3.63, 3.8) is 0 Å². The van der Waals surface area contributed by atoms with Gasteiger partial charge in [-0.2, -0.15) is 0 Å². The van der Waals surface area contributed by atoms with E-state index in [1.54, 1.807) is 0 Å². The van der Waals surface area contributed by atoms with Crippen LogP contribution in [-0.4, -0.2) is 0 Å². The highest BCUT2D eigenvalue weighted by Gasteiger charge is 2.22. The second kappa shape index (κ2) is 2.55. The maximum absolute atomic E-state index is 4.03. The van der Waals surface area contributed by atoms with Crippen LogP contribution in [0.15, 0.2) is 12.2 Å². The molecule has 0 bridgehead atoms. The lowest BCUT2D eigenvalue weighted by molar-refractivity contribution is 0.678. The maximum atomic E-state index is 4.03. The molecule has 0 heterocycles. The number of allylic oxidation sites excluding steroid dienone is 1. The van der Waals surface area contributed by atoms with Gasteiger partial charge in [0.05, 0.1) is 0 Å². The van der Waals surface area contributed by atoms with Crippen molar-refractivity contribution in [1.82, 2.24) is 0 Å². The summed E-state index contributed by atoms with van der Waals surface area (Å²) in [5.74, 6) is 1.71. The SMILES string of the molecule is C=C(CC1CC1)C(C)C. The third-order valence-corrected chi connectivity index (χ3v) is 2.06. The minimum atomic E-state index is 0.700. The van der Waals surface area contributed by atoms with Gasteiger partial charge in [0.1, 0.15) is 0 Å². The minimum Gasteiger partial charge on any atom is -0.0996 e. The first-order valence-electron chi connectivity index (χ1n) is 3.88. The van der Waals surface area contributed by atoms with Gasteiger partial charge in [0.25, 0.3) is 0 Å². The Morgan fingerprint density at radius 1 is 1.56 bits per heavy atom. The molecular formula is C9H16. The summed E-state index contributed by atoms with van der Waals surface area (Å²) < 4.78 is 0. The van der Waals surface area contributed by atoms with Crippen molar-refractivity contribution in [3.8, 4) is 0 Å². The highest BCUT2D eigenvalue weighted by atomic mass is 14.3. The summed E-state index contributed by atoms with van der Waals surface area (Å²) in [7, 11) is 0. The van der Waals surface area contributed by atoms with Gasteiger partial charge in [0.15, 0.2) is 0 Å². The number of hydrogen-bond acceptors (Lipinski definition) is 0. The molecule has 0 aliphatic heterocycles. The Kier molecular flexibility index (Phi) is 1.94. The third-order valence-electron chi connectivity index (χ3n) is 2.06. The standard InChI is InChI=1S/C9H16/c1-7(2)8(3)6-9-4-5-9/h7,9H,3-6H2,1-2H3. The van der Waals surface area contributed by atoms with Crippen LogP contribution >= 0.6 is 0 Å². The average Bonchev–Trinajstić information content (AvgIpc) is 2.50. The monoisotopic (exact) mass is 124 g/mol. The van der Waals surface area contributed by atoms with Crippen molar-refractivity contribution in [2.45, 2.75) is 33.1 Å². The summed E-state index contributed by atoms with van der Waals surface area (Å²) in [5.41, 5.74) is 1.44. The quantitative estimate of drug-likeness (QED) is 0.507. The van der Waals surface area contributed by atoms with E-state index in [1.165, 1.54) is 24.8 Å². The lowest BCUT2D eigenvalue weighted by Crippen LogP contribution is -1.92. The third kappa shape index (κ3) is 2.21. The molecule has 0 amide bonds. The van der Waals surface area contributed by atoms with Crippen molar-refractivity contribution < 1.29 is 0 Å². The molecule has 0 saturated heterocycles. The van der Waals surface area contributed by atoms with Gasteiger partial charge < -0.3 is 0 Å².